The Hall–Kier alpha value is -4.59. The van der Waals surface area contributed by atoms with E-state index in [9.17, 15) is 14.4 Å². The number of hydrogen-bond donors (Lipinski definition) is 1. The summed E-state index contributed by atoms with van der Waals surface area (Å²) in [6.07, 6.45) is 3.06. The lowest BCUT2D eigenvalue weighted by atomic mass is 10.1. The van der Waals surface area contributed by atoms with E-state index in [0.717, 1.165) is 5.56 Å². The number of Topliss-reactive ketones (excluding diaryl/α,β-unsaturated/α-hetero) is 1. The van der Waals surface area contributed by atoms with Crippen LogP contribution in [-0.2, 0) is 11.3 Å². The Bertz CT molecular complexity index is 1240. The zero-order valence-corrected chi connectivity index (χ0v) is 17.5. The molecule has 0 spiro atoms. The van der Waals surface area contributed by atoms with Crippen molar-refractivity contribution in [3.05, 3.63) is 114 Å². The Morgan fingerprint density at radius 1 is 0.818 bits per heavy atom. The number of ether oxygens (including phenoxy) is 1. The number of carbonyl (C=O) groups excluding carboxylic acids is 3. The molecule has 8 nitrogen and oxygen atoms in total. The Labute approximate surface area is 189 Å². The summed E-state index contributed by atoms with van der Waals surface area (Å²) < 4.78 is 6.83. The summed E-state index contributed by atoms with van der Waals surface area (Å²) >= 11 is 0. The van der Waals surface area contributed by atoms with E-state index < -0.39 is 5.97 Å². The molecule has 1 heterocycles. The van der Waals surface area contributed by atoms with Crippen molar-refractivity contribution in [3.63, 3.8) is 0 Å². The third kappa shape index (κ3) is 5.76. The van der Waals surface area contributed by atoms with Crippen LogP contribution in [0.3, 0.4) is 0 Å². The van der Waals surface area contributed by atoms with Gasteiger partial charge < -0.3 is 10.1 Å². The molecule has 8 heteroatoms. The van der Waals surface area contributed by atoms with Crippen LogP contribution in [-0.4, -0.2) is 39.0 Å². The van der Waals surface area contributed by atoms with Crippen molar-refractivity contribution in [2.75, 3.05) is 11.9 Å². The molecule has 3 aromatic carbocycles. The van der Waals surface area contributed by atoms with Crippen molar-refractivity contribution in [2.45, 2.75) is 6.54 Å². The maximum atomic E-state index is 12.4. The van der Waals surface area contributed by atoms with Gasteiger partial charge in [0, 0.05) is 16.8 Å². The number of benzene rings is 3. The molecular formula is C25H20N4O4. The first-order valence-corrected chi connectivity index (χ1v) is 10.2. The summed E-state index contributed by atoms with van der Waals surface area (Å²) in [4.78, 5) is 40.7. The highest BCUT2D eigenvalue weighted by atomic mass is 16.5. The number of esters is 1. The minimum absolute atomic E-state index is 0.240. The van der Waals surface area contributed by atoms with Crippen molar-refractivity contribution < 1.29 is 19.1 Å². The van der Waals surface area contributed by atoms with E-state index in [2.05, 4.69) is 15.4 Å². The van der Waals surface area contributed by atoms with Gasteiger partial charge in [0.1, 0.15) is 12.7 Å². The maximum absolute atomic E-state index is 12.4. The van der Waals surface area contributed by atoms with Gasteiger partial charge >= 0.3 is 5.97 Å². The average molecular weight is 440 g/mol. The summed E-state index contributed by atoms with van der Waals surface area (Å²) in [7, 11) is 0. The van der Waals surface area contributed by atoms with E-state index in [1.165, 1.54) is 6.33 Å². The van der Waals surface area contributed by atoms with Crippen molar-refractivity contribution >= 4 is 23.3 Å². The van der Waals surface area contributed by atoms with Crippen LogP contribution < -0.4 is 5.32 Å². The summed E-state index contributed by atoms with van der Waals surface area (Å²) in [6, 6.07) is 22.1. The standard InChI is InChI=1S/C25H20N4O4/c30-23(19-10-12-22(13-11-19)28-24(31)20-4-2-1-3-5-20)15-33-25(32)21-8-6-18(7-9-21)14-29-17-26-16-27-29/h1-13,16-17H,14-15H2,(H,28,31). The van der Waals surface area contributed by atoms with Crippen molar-refractivity contribution in [1.82, 2.24) is 14.8 Å². The second-order valence-electron chi connectivity index (χ2n) is 7.19. The topological polar surface area (TPSA) is 103 Å². The predicted octanol–water partition coefficient (Wildman–Crippen LogP) is 3.62. The van der Waals surface area contributed by atoms with Gasteiger partial charge in [0.25, 0.3) is 5.91 Å². The van der Waals surface area contributed by atoms with Gasteiger partial charge in [-0.25, -0.2) is 14.5 Å². The van der Waals surface area contributed by atoms with Crippen LogP contribution in [0.4, 0.5) is 5.69 Å². The lowest BCUT2D eigenvalue weighted by molar-refractivity contribution is 0.0474. The van der Waals surface area contributed by atoms with Crippen LogP contribution in [0.25, 0.3) is 0 Å². The van der Waals surface area contributed by atoms with Gasteiger partial charge in [0.15, 0.2) is 12.4 Å². The normalized spacial score (nSPS) is 10.4. The van der Waals surface area contributed by atoms with Gasteiger partial charge in [-0.15, -0.1) is 0 Å². The van der Waals surface area contributed by atoms with E-state index in [4.69, 9.17) is 4.74 Å². The SMILES string of the molecule is O=C(COC(=O)c1ccc(Cn2cncn2)cc1)c1ccc(NC(=O)c2ccccc2)cc1. The number of anilines is 1. The number of rotatable bonds is 8. The van der Waals surface area contributed by atoms with Crippen LogP contribution in [0.15, 0.2) is 91.5 Å². The van der Waals surface area contributed by atoms with E-state index in [1.807, 2.05) is 6.07 Å². The zero-order chi connectivity index (χ0) is 23.0. The van der Waals surface area contributed by atoms with Crippen LogP contribution >= 0.6 is 0 Å². The van der Waals surface area contributed by atoms with Crippen LogP contribution in [0.1, 0.15) is 36.6 Å². The van der Waals surface area contributed by atoms with Gasteiger partial charge in [-0.3, -0.25) is 9.59 Å². The van der Waals surface area contributed by atoms with E-state index in [0.29, 0.717) is 28.9 Å². The van der Waals surface area contributed by atoms with E-state index in [1.54, 1.807) is 83.8 Å². The van der Waals surface area contributed by atoms with Gasteiger partial charge in [-0.1, -0.05) is 30.3 Å². The highest BCUT2D eigenvalue weighted by molar-refractivity contribution is 6.05. The number of aromatic nitrogens is 3. The molecule has 4 rings (SSSR count). The Morgan fingerprint density at radius 2 is 1.52 bits per heavy atom. The number of hydrogen-bond acceptors (Lipinski definition) is 6. The molecule has 0 aliphatic carbocycles. The first-order valence-electron chi connectivity index (χ1n) is 10.2. The Morgan fingerprint density at radius 3 is 2.18 bits per heavy atom. The van der Waals surface area contributed by atoms with E-state index >= 15 is 0 Å². The van der Waals surface area contributed by atoms with Crippen molar-refractivity contribution in [2.24, 2.45) is 0 Å². The third-order valence-corrected chi connectivity index (χ3v) is 4.84. The fourth-order valence-electron chi connectivity index (χ4n) is 3.08. The highest BCUT2D eigenvalue weighted by Gasteiger charge is 2.13. The highest BCUT2D eigenvalue weighted by Crippen LogP contribution is 2.13. The minimum Gasteiger partial charge on any atom is -0.454 e. The second-order valence-corrected chi connectivity index (χ2v) is 7.19. The van der Waals surface area contributed by atoms with Gasteiger partial charge in [0.05, 0.1) is 12.1 Å². The molecule has 33 heavy (non-hydrogen) atoms. The van der Waals surface area contributed by atoms with Gasteiger partial charge in [-0.05, 0) is 54.1 Å². The number of nitrogens with zero attached hydrogens (tertiary/aromatic N) is 3. The lowest BCUT2D eigenvalue weighted by Gasteiger charge is -2.08. The number of ketones is 1. The second kappa shape index (κ2) is 10.1. The molecule has 1 amide bonds. The minimum atomic E-state index is -0.581. The molecule has 4 aromatic rings. The molecule has 0 saturated carbocycles. The number of carbonyl (C=O) groups is 3. The largest absolute Gasteiger partial charge is 0.454 e. The fourth-order valence-corrected chi connectivity index (χ4v) is 3.08. The molecule has 0 radical (unpaired) electrons. The maximum Gasteiger partial charge on any atom is 0.338 e. The summed E-state index contributed by atoms with van der Waals surface area (Å²) in [5.74, 6) is -1.16. The fraction of sp³-hybridized carbons (Fsp3) is 0.0800. The average Bonchev–Trinajstić information content (AvgIpc) is 3.37. The molecule has 0 unspecified atom stereocenters. The Balaban J connectivity index is 1.28. The van der Waals surface area contributed by atoms with Crippen molar-refractivity contribution in [3.8, 4) is 0 Å². The Kier molecular flexibility index (Phi) is 6.65. The van der Waals surface area contributed by atoms with Crippen LogP contribution in [0.5, 0.6) is 0 Å². The van der Waals surface area contributed by atoms with Crippen LogP contribution in [0.2, 0.25) is 0 Å². The molecule has 0 fully saturated rings. The van der Waals surface area contributed by atoms with Crippen molar-refractivity contribution in [1.29, 1.82) is 0 Å². The first kappa shape index (κ1) is 21.6. The molecule has 0 saturated heterocycles. The van der Waals surface area contributed by atoms with E-state index in [-0.39, 0.29) is 18.3 Å². The zero-order valence-electron chi connectivity index (χ0n) is 17.5. The summed E-state index contributed by atoms with van der Waals surface area (Å²) in [5.41, 5.74) is 2.78. The molecule has 1 aromatic heterocycles. The molecule has 0 atom stereocenters. The smallest absolute Gasteiger partial charge is 0.338 e. The molecule has 164 valence electrons. The van der Waals surface area contributed by atoms with Gasteiger partial charge in [-0.2, -0.15) is 5.10 Å². The summed E-state index contributed by atoms with van der Waals surface area (Å²) in [5, 5.41) is 6.81. The molecule has 0 aliphatic rings. The van der Waals surface area contributed by atoms with Gasteiger partial charge in [0.2, 0.25) is 0 Å². The monoisotopic (exact) mass is 440 g/mol. The quantitative estimate of drug-likeness (QED) is 0.332. The molecular weight excluding hydrogens is 420 g/mol. The molecule has 1 N–H and O–H groups in total. The number of nitrogens with one attached hydrogen (secondary N) is 1. The first-order chi connectivity index (χ1) is 16.1. The third-order valence-electron chi connectivity index (χ3n) is 4.84. The predicted molar refractivity (Wildman–Crippen MR) is 121 cm³/mol. The molecule has 0 aliphatic heterocycles. The molecule has 0 bridgehead atoms. The summed E-state index contributed by atoms with van der Waals surface area (Å²) in [6.45, 7) is 0.158. The number of amides is 1. The lowest BCUT2D eigenvalue weighted by Crippen LogP contribution is -2.15. The van der Waals surface area contributed by atoms with Crippen LogP contribution in [0, 0.1) is 0 Å².